The van der Waals surface area contributed by atoms with E-state index in [9.17, 15) is 0 Å². The van der Waals surface area contributed by atoms with Gasteiger partial charge in [0.25, 0.3) is 0 Å². The van der Waals surface area contributed by atoms with Crippen molar-refractivity contribution in [3.05, 3.63) is 47.5 Å². The highest BCUT2D eigenvalue weighted by Gasteiger charge is 2.10. The highest BCUT2D eigenvalue weighted by molar-refractivity contribution is 5.28. The Hall–Kier alpha value is -1.68. The highest BCUT2D eigenvalue weighted by atomic mass is 15.2. The van der Waals surface area contributed by atoms with E-state index in [4.69, 9.17) is 5.73 Å². The fourth-order valence-corrected chi connectivity index (χ4v) is 1.55. The largest absolute Gasteiger partial charge is 0.320 e. The van der Waals surface area contributed by atoms with Crippen molar-refractivity contribution in [2.45, 2.75) is 13.0 Å². The monoisotopic (exact) mass is 202 g/mol. The minimum atomic E-state index is -0.125. The molecule has 2 heterocycles. The third-order valence-electron chi connectivity index (χ3n) is 2.36. The lowest BCUT2D eigenvalue weighted by molar-refractivity contribution is 0.765. The van der Waals surface area contributed by atoms with Crippen molar-refractivity contribution in [2.24, 2.45) is 12.8 Å². The van der Waals surface area contributed by atoms with Crippen molar-refractivity contribution >= 4 is 0 Å². The summed E-state index contributed by atoms with van der Waals surface area (Å²) in [7, 11) is 1.88. The molecular weight excluding hydrogens is 188 g/mol. The topological polar surface area (TPSA) is 56.7 Å². The summed E-state index contributed by atoms with van der Waals surface area (Å²) < 4.78 is 1.75. The summed E-state index contributed by atoms with van der Waals surface area (Å²) in [5.74, 6) is 0. The number of nitrogens with zero attached hydrogens (tertiary/aromatic N) is 3. The van der Waals surface area contributed by atoms with Gasteiger partial charge >= 0.3 is 0 Å². The fourth-order valence-electron chi connectivity index (χ4n) is 1.55. The molecule has 0 bridgehead atoms. The third kappa shape index (κ3) is 2.05. The third-order valence-corrected chi connectivity index (χ3v) is 2.36. The van der Waals surface area contributed by atoms with Gasteiger partial charge in [0.2, 0.25) is 0 Å². The summed E-state index contributed by atoms with van der Waals surface area (Å²) in [5, 5.41) is 4.11. The van der Waals surface area contributed by atoms with Gasteiger partial charge in [-0.1, -0.05) is 0 Å². The van der Waals surface area contributed by atoms with Gasteiger partial charge in [-0.05, 0) is 24.6 Å². The van der Waals surface area contributed by atoms with E-state index < -0.39 is 0 Å². The van der Waals surface area contributed by atoms with Crippen LogP contribution >= 0.6 is 0 Å². The zero-order valence-electron chi connectivity index (χ0n) is 8.88. The molecule has 4 heteroatoms. The number of hydrogen-bond acceptors (Lipinski definition) is 3. The van der Waals surface area contributed by atoms with E-state index in [0.717, 1.165) is 16.8 Å². The van der Waals surface area contributed by atoms with E-state index >= 15 is 0 Å². The van der Waals surface area contributed by atoms with Crippen LogP contribution in [0.3, 0.4) is 0 Å². The van der Waals surface area contributed by atoms with E-state index in [1.165, 1.54) is 0 Å². The molecule has 0 fully saturated rings. The second-order valence-corrected chi connectivity index (χ2v) is 3.66. The zero-order chi connectivity index (χ0) is 10.8. The first-order valence-corrected chi connectivity index (χ1v) is 4.83. The van der Waals surface area contributed by atoms with Crippen molar-refractivity contribution in [2.75, 3.05) is 0 Å². The van der Waals surface area contributed by atoms with Crippen LogP contribution in [0.4, 0.5) is 0 Å². The van der Waals surface area contributed by atoms with Gasteiger partial charge in [0.05, 0.1) is 12.2 Å². The number of aryl methyl sites for hydroxylation is 2. The van der Waals surface area contributed by atoms with Crippen molar-refractivity contribution in [1.29, 1.82) is 0 Å². The smallest absolute Gasteiger partial charge is 0.0584 e. The van der Waals surface area contributed by atoms with Crippen LogP contribution in [0, 0.1) is 6.92 Å². The van der Waals surface area contributed by atoms with Gasteiger partial charge in [0.1, 0.15) is 0 Å². The SMILES string of the molecule is Cc1cc(C(N)c2cnn(C)c2)ccn1. The first kappa shape index (κ1) is 9.86. The van der Waals surface area contributed by atoms with E-state index in [2.05, 4.69) is 10.1 Å². The Morgan fingerprint density at radius 1 is 1.40 bits per heavy atom. The number of pyridine rings is 1. The van der Waals surface area contributed by atoms with Gasteiger partial charge in [-0.2, -0.15) is 5.10 Å². The molecule has 0 aliphatic carbocycles. The van der Waals surface area contributed by atoms with Crippen LogP contribution in [0.5, 0.6) is 0 Å². The zero-order valence-corrected chi connectivity index (χ0v) is 8.88. The Labute approximate surface area is 88.8 Å². The Kier molecular flexibility index (Phi) is 2.51. The lowest BCUT2D eigenvalue weighted by atomic mass is 10.0. The van der Waals surface area contributed by atoms with Crippen LogP contribution in [0.2, 0.25) is 0 Å². The van der Waals surface area contributed by atoms with E-state index in [0.29, 0.717) is 0 Å². The van der Waals surface area contributed by atoms with Crippen LogP contribution in [0.1, 0.15) is 22.9 Å². The second kappa shape index (κ2) is 3.82. The number of hydrogen-bond donors (Lipinski definition) is 1. The fraction of sp³-hybridized carbons (Fsp3) is 0.273. The van der Waals surface area contributed by atoms with Crippen molar-refractivity contribution in [3.63, 3.8) is 0 Å². The lowest BCUT2D eigenvalue weighted by Crippen LogP contribution is -2.11. The molecule has 1 unspecified atom stereocenters. The second-order valence-electron chi connectivity index (χ2n) is 3.66. The normalized spacial score (nSPS) is 12.7. The van der Waals surface area contributed by atoms with Gasteiger partial charge < -0.3 is 5.73 Å². The molecule has 2 aromatic rings. The number of nitrogens with two attached hydrogens (primary N) is 1. The van der Waals surface area contributed by atoms with Crippen LogP contribution in [0.25, 0.3) is 0 Å². The van der Waals surface area contributed by atoms with Crippen molar-refractivity contribution in [3.8, 4) is 0 Å². The summed E-state index contributed by atoms with van der Waals surface area (Å²) in [5.41, 5.74) is 9.18. The van der Waals surface area contributed by atoms with Crippen LogP contribution in [-0.2, 0) is 7.05 Å². The van der Waals surface area contributed by atoms with Crippen LogP contribution in [0.15, 0.2) is 30.7 Å². The summed E-state index contributed by atoms with van der Waals surface area (Å²) in [6, 6.07) is 3.81. The average Bonchev–Trinajstić information content (AvgIpc) is 2.64. The highest BCUT2D eigenvalue weighted by Crippen LogP contribution is 2.18. The summed E-state index contributed by atoms with van der Waals surface area (Å²) >= 11 is 0. The maximum Gasteiger partial charge on any atom is 0.0584 e. The number of aromatic nitrogens is 3. The molecule has 4 nitrogen and oxygen atoms in total. The quantitative estimate of drug-likeness (QED) is 0.795. The Bertz CT molecular complexity index is 461. The van der Waals surface area contributed by atoms with Crippen molar-refractivity contribution < 1.29 is 0 Å². The molecule has 78 valence electrons. The molecule has 0 saturated carbocycles. The van der Waals surface area contributed by atoms with E-state index in [1.54, 1.807) is 17.1 Å². The standard InChI is InChI=1S/C11H14N4/c1-8-5-9(3-4-13-8)11(12)10-6-14-15(2)7-10/h3-7,11H,12H2,1-2H3. The maximum absolute atomic E-state index is 6.12. The summed E-state index contributed by atoms with van der Waals surface area (Å²) in [6.07, 6.45) is 5.50. The molecule has 2 rings (SSSR count). The molecule has 15 heavy (non-hydrogen) atoms. The molecule has 0 aliphatic heterocycles. The minimum Gasteiger partial charge on any atom is -0.320 e. The molecular formula is C11H14N4. The molecule has 0 saturated heterocycles. The first-order chi connectivity index (χ1) is 7.16. The van der Waals surface area contributed by atoms with Gasteiger partial charge in [-0.3, -0.25) is 9.67 Å². The Balaban J connectivity index is 2.32. The van der Waals surface area contributed by atoms with Crippen molar-refractivity contribution in [1.82, 2.24) is 14.8 Å². The molecule has 0 aliphatic rings. The molecule has 0 radical (unpaired) electrons. The van der Waals surface area contributed by atoms with E-state index in [1.807, 2.05) is 32.3 Å². The average molecular weight is 202 g/mol. The minimum absolute atomic E-state index is 0.125. The summed E-state index contributed by atoms with van der Waals surface area (Å²) in [6.45, 7) is 1.96. The Morgan fingerprint density at radius 2 is 2.20 bits per heavy atom. The Morgan fingerprint density at radius 3 is 2.80 bits per heavy atom. The molecule has 2 aromatic heterocycles. The molecule has 2 N–H and O–H groups in total. The predicted octanol–water partition coefficient (Wildman–Crippen LogP) is 1.17. The first-order valence-electron chi connectivity index (χ1n) is 4.83. The van der Waals surface area contributed by atoms with E-state index in [-0.39, 0.29) is 6.04 Å². The van der Waals surface area contributed by atoms with Crippen LogP contribution < -0.4 is 5.73 Å². The van der Waals surface area contributed by atoms with Gasteiger partial charge in [-0.15, -0.1) is 0 Å². The predicted molar refractivity (Wildman–Crippen MR) is 58.2 cm³/mol. The van der Waals surface area contributed by atoms with Gasteiger partial charge in [-0.25, -0.2) is 0 Å². The molecule has 0 amide bonds. The summed E-state index contributed by atoms with van der Waals surface area (Å²) in [4.78, 5) is 4.14. The molecule has 0 aromatic carbocycles. The van der Waals surface area contributed by atoms with Gasteiger partial charge in [0, 0.05) is 30.7 Å². The lowest BCUT2D eigenvalue weighted by Gasteiger charge is -2.09. The van der Waals surface area contributed by atoms with Crippen LogP contribution in [-0.4, -0.2) is 14.8 Å². The maximum atomic E-state index is 6.12. The van der Waals surface area contributed by atoms with Gasteiger partial charge in [0.15, 0.2) is 0 Å². The molecule has 1 atom stereocenters. The molecule has 0 spiro atoms. The number of rotatable bonds is 2.